The summed E-state index contributed by atoms with van der Waals surface area (Å²) in [4.78, 5) is 0. The molecule has 0 bridgehead atoms. The lowest BCUT2D eigenvalue weighted by Gasteiger charge is -2.38. The fourth-order valence-electron chi connectivity index (χ4n) is 5.11. The molecule has 3 unspecified atom stereocenters. The maximum Gasteiger partial charge on any atom is 0.127 e. The van der Waals surface area contributed by atoms with Crippen LogP contribution >= 0.6 is 0 Å². The Morgan fingerprint density at radius 1 is 0.903 bits per heavy atom. The summed E-state index contributed by atoms with van der Waals surface area (Å²) in [6.07, 6.45) is 12.8. The van der Waals surface area contributed by atoms with Gasteiger partial charge in [-0.2, -0.15) is 0 Å². The molecule has 2 nitrogen and oxygen atoms in total. The molecule has 1 aromatic rings. The molecular weight excluding hydrogens is 380 g/mol. The Bertz CT molecular complexity index is 800. The topological polar surface area (TPSA) is 29.5 Å². The average molecular weight is 434 g/mol. The lowest BCUT2D eigenvalue weighted by atomic mass is 9.84. The number of rotatable bonds is 12. The second-order valence-electron chi connectivity index (χ2n) is 11.2. The van der Waals surface area contributed by atoms with E-state index >= 15 is 0 Å². The molecular formula is C29H50O2. The van der Waals surface area contributed by atoms with Crippen LogP contribution in [0.5, 0.6) is 11.5 Å². The van der Waals surface area contributed by atoms with Gasteiger partial charge in [-0.3, -0.25) is 0 Å². The van der Waals surface area contributed by atoms with Crippen LogP contribution in [0.3, 0.4) is 0 Å². The van der Waals surface area contributed by atoms with E-state index in [0.717, 1.165) is 48.6 Å². The lowest BCUT2D eigenvalue weighted by Crippen LogP contribution is -2.37. The molecule has 0 fully saturated rings. The number of benzene rings is 1. The first kappa shape index (κ1) is 21.7. The molecule has 0 spiro atoms. The number of fused-ring (bicyclic) bond motifs is 1. The third kappa shape index (κ3) is 7.43. The molecule has 1 N–H and O–H groups in total. The maximum absolute atomic E-state index is 10.5. The molecule has 178 valence electrons. The fraction of sp³-hybridized carbons (Fsp3) is 0.793. The van der Waals surface area contributed by atoms with E-state index in [0.29, 0.717) is 17.2 Å². The molecule has 1 aliphatic heterocycles. The molecule has 0 saturated heterocycles. The van der Waals surface area contributed by atoms with Crippen molar-refractivity contribution >= 4 is 0 Å². The summed E-state index contributed by atoms with van der Waals surface area (Å²) in [5.41, 5.74) is 1.88. The van der Waals surface area contributed by atoms with Crippen LogP contribution in [0, 0.1) is 38.5 Å². The molecule has 0 amide bonds. The van der Waals surface area contributed by atoms with E-state index in [-0.39, 0.29) is 16.9 Å². The molecule has 0 saturated carbocycles. The number of ether oxygens (including phenoxy) is 1. The first-order chi connectivity index (χ1) is 15.7. The molecule has 0 aliphatic carbocycles. The van der Waals surface area contributed by atoms with Crippen molar-refractivity contribution in [3.05, 3.63) is 22.3 Å². The SMILES string of the molecule is [2H]C([2H])([2H])c1c(C)c(O)c(C)c2c1OC(C)(CCCC(C)CCCC(C)CCCC(C)C)CC2. The third-order valence-corrected chi connectivity index (χ3v) is 7.57. The van der Waals surface area contributed by atoms with Gasteiger partial charge in [0.15, 0.2) is 0 Å². The Morgan fingerprint density at radius 3 is 2.06 bits per heavy atom. The van der Waals surface area contributed by atoms with Crippen LogP contribution in [0.15, 0.2) is 0 Å². The van der Waals surface area contributed by atoms with Crippen molar-refractivity contribution in [2.45, 2.75) is 132 Å². The zero-order valence-electron chi connectivity index (χ0n) is 24.4. The van der Waals surface area contributed by atoms with Crippen LogP contribution in [0.4, 0.5) is 0 Å². The van der Waals surface area contributed by atoms with Gasteiger partial charge in [-0.1, -0.05) is 72.6 Å². The number of hydrogen-bond donors (Lipinski definition) is 1. The second kappa shape index (κ2) is 11.6. The number of aromatic hydroxyl groups is 1. The number of hydrogen-bond acceptors (Lipinski definition) is 2. The minimum absolute atomic E-state index is 0.0974. The van der Waals surface area contributed by atoms with Crippen LogP contribution < -0.4 is 4.74 Å². The molecule has 3 atom stereocenters. The van der Waals surface area contributed by atoms with Crippen molar-refractivity contribution in [1.82, 2.24) is 0 Å². The molecule has 0 radical (unpaired) electrons. The minimum atomic E-state index is -2.31. The molecule has 1 aliphatic rings. The normalized spacial score (nSPS) is 22.3. The van der Waals surface area contributed by atoms with Crippen molar-refractivity contribution in [1.29, 1.82) is 0 Å². The summed E-state index contributed by atoms with van der Waals surface area (Å²) in [6, 6.07) is 0. The van der Waals surface area contributed by atoms with E-state index < -0.39 is 6.85 Å². The van der Waals surface area contributed by atoms with E-state index in [9.17, 15) is 5.11 Å². The first-order valence-corrected chi connectivity index (χ1v) is 12.8. The van der Waals surface area contributed by atoms with Crippen LogP contribution in [0.25, 0.3) is 0 Å². The van der Waals surface area contributed by atoms with Crippen molar-refractivity contribution < 1.29 is 14.0 Å². The van der Waals surface area contributed by atoms with Crippen molar-refractivity contribution in [3.8, 4) is 11.5 Å². The predicted molar refractivity (Wildman–Crippen MR) is 134 cm³/mol. The Labute approximate surface area is 197 Å². The number of phenolic OH excluding ortho intramolecular Hbond substituents is 1. The van der Waals surface area contributed by atoms with Gasteiger partial charge in [0, 0.05) is 9.68 Å². The van der Waals surface area contributed by atoms with E-state index in [4.69, 9.17) is 8.85 Å². The standard InChI is InChI=1S/C29H50O2/c1-20(2)12-9-13-21(3)14-10-15-22(4)16-11-18-29(8)19-17-26-25(7)27(30)23(5)24(6)28(26)31-29/h20-22,30H,9-19H2,1-8H3/i6D3. The van der Waals surface area contributed by atoms with Gasteiger partial charge < -0.3 is 9.84 Å². The van der Waals surface area contributed by atoms with E-state index in [1.165, 1.54) is 44.9 Å². The smallest absolute Gasteiger partial charge is 0.127 e. The highest BCUT2D eigenvalue weighted by molar-refractivity contribution is 5.58. The minimum Gasteiger partial charge on any atom is -0.507 e. The van der Waals surface area contributed by atoms with Crippen LogP contribution in [-0.4, -0.2) is 10.7 Å². The highest BCUT2D eigenvalue weighted by Crippen LogP contribution is 2.44. The van der Waals surface area contributed by atoms with Gasteiger partial charge in [-0.25, -0.2) is 0 Å². The quantitative estimate of drug-likeness (QED) is 0.357. The van der Waals surface area contributed by atoms with Gasteiger partial charge in [0.2, 0.25) is 0 Å². The van der Waals surface area contributed by atoms with Gasteiger partial charge in [0.1, 0.15) is 17.1 Å². The van der Waals surface area contributed by atoms with Gasteiger partial charge in [-0.15, -0.1) is 0 Å². The molecule has 0 aromatic heterocycles. The van der Waals surface area contributed by atoms with Crippen LogP contribution in [0.1, 0.15) is 125 Å². The van der Waals surface area contributed by atoms with Gasteiger partial charge in [-0.05, 0) is 87.8 Å². The van der Waals surface area contributed by atoms with Gasteiger partial charge in [0.25, 0.3) is 0 Å². The zero-order valence-corrected chi connectivity index (χ0v) is 21.4. The fourth-order valence-corrected chi connectivity index (χ4v) is 5.11. The van der Waals surface area contributed by atoms with Crippen LogP contribution in [0.2, 0.25) is 0 Å². The Balaban J connectivity index is 1.87. The van der Waals surface area contributed by atoms with Gasteiger partial charge >= 0.3 is 0 Å². The molecule has 31 heavy (non-hydrogen) atoms. The Kier molecular flexibility index (Phi) is 8.11. The van der Waals surface area contributed by atoms with E-state index in [2.05, 4.69) is 34.6 Å². The number of phenols is 1. The third-order valence-electron chi connectivity index (χ3n) is 7.57. The van der Waals surface area contributed by atoms with E-state index in [1.807, 2.05) is 6.92 Å². The highest BCUT2D eigenvalue weighted by atomic mass is 16.5. The summed E-state index contributed by atoms with van der Waals surface area (Å²) in [7, 11) is 0. The largest absolute Gasteiger partial charge is 0.507 e. The molecule has 2 heteroatoms. The zero-order chi connectivity index (χ0) is 25.7. The monoisotopic (exact) mass is 433 g/mol. The van der Waals surface area contributed by atoms with Crippen molar-refractivity contribution in [3.63, 3.8) is 0 Å². The first-order valence-electron chi connectivity index (χ1n) is 14.3. The summed E-state index contributed by atoms with van der Waals surface area (Å²) in [6.45, 7) is 12.8. The predicted octanol–water partition coefficient (Wildman–Crippen LogP) is 8.84. The Hall–Kier alpha value is -1.18. The molecule has 1 heterocycles. The lowest BCUT2D eigenvalue weighted by molar-refractivity contribution is 0.0512. The summed E-state index contributed by atoms with van der Waals surface area (Å²) in [5, 5.41) is 10.5. The molecule has 2 rings (SSSR count). The average Bonchev–Trinajstić information content (AvgIpc) is 2.70. The highest BCUT2D eigenvalue weighted by Gasteiger charge is 2.34. The van der Waals surface area contributed by atoms with E-state index in [1.54, 1.807) is 6.92 Å². The molecule has 1 aromatic carbocycles. The maximum atomic E-state index is 10.5. The summed E-state index contributed by atoms with van der Waals surface area (Å²) < 4.78 is 30.6. The van der Waals surface area contributed by atoms with Crippen molar-refractivity contribution in [2.75, 3.05) is 0 Å². The van der Waals surface area contributed by atoms with Crippen LogP contribution in [-0.2, 0) is 6.42 Å². The summed E-state index contributed by atoms with van der Waals surface area (Å²) in [5.74, 6) is 2.96. The van der Waals surface area contributed by atoms with Crippen molar-refractivity contribution in [2.24, 2.45) is 17.8 Å². The van der Waals surface area contributed by atoms with Gasteiger partial charge in [0.05, 0.1) is 0 Å². The Morgan fingerprint density at radius 2 is 1.48 bits per heavy atom. The second-order valence-corrected chi connectivity index (χ2v) is 11.2. The summed E-state index contributed by atoms with van der Waals surface area (Å²) >= 11 is 0.